The fraction of sp³-hybridized carbons (Fsp3) is 0.833. The van der Waals surface area contributed by atoms with Crippen LogP contribution < -0.4 is 10.1 Å². The van der Waals surface area contributed by atoms with Gasteiger partial charge in [-0.2, -0.15) is 0 Å². The molecule has 1 fully saturated rings. The van der Waals surface area contributed by atoms with Gasteiger partial charge in [0.25, 0.3) is 5.19 Å². The number of aromatic nitrogens is 2. The smallest absolute Gasteiger partial charge is 0.294 e. The summed E-state index contributed by atoms with van der Waals surface area (Å²) in [5, 5.41) is 13.2. The zero-order chi connectivity index (χ0) is 13.0. The normalized spacial score (nSPS) is 15.9. The number of hydrogen-bond donors (Lipinski definition) is 1. The molecule has 1 aliphatic carbocycles. The third kappa shape index (κ3) is 4.51. The number of rotatable bonds is 8. The van der Waals surface area contributed by atoms with E-state index in [2.05, 4.69) is 15.5 Å². The molecule has 0 radical (unpaired) electrons. The van der Waals surface area contributed by atoms with Gasteiger partial charge < -0.3 is 14.8 Å². The summed E-state index contributed by atoms with van der Waals surface area (Å²) in [6.07, 6.45) is 3.40. The third-order valence-electron chi connectivity index (χ3n) is 3.05. The molecule has 1 aromatic rings. The Kier molecular flexibility index (Phi) is 4.53. The van der Waals surface area contributed by atoms with Gasteiger partial charge in [0.1, 0.15) is 5.01 Å². The summed E-state index contributed by atoms with van der Waals surface area (Å²) in [6.45, 7) is 5.49. The van der Waals surface area contributed by atoms with E-state index >= 15 is 0 Å². The fourth-order valence-corrected chi connectivity index (χ4v) is 2.04. The molecular weight excluding hydrogens is 250 g/mol. The molecule has 1 aliphatic rings. The number of hydrogen-bond acceptors (Lipinski definition) is 6. The molecule has 18 heavy (non-hydrogen) atoms. The summed E-state index contributed by atoms with van der Waals surface area (Å²) in [7, 11) is 1.71. The first-order valence-corrected chi connectivity index (χ1v) is 7.14. The molecule has 0 spiro atoms. The topological polar surface area (TPSA) is 56.3 Å². The summed E-state index contributed by atoms with van der Waals surface area (Å²) in [5.41, 5.74) is -0.152. The summed E-state index contributed by atoms with van der Waals surface area (Å²) >= 11 is 1.51. The largest absolute Gasteiger partial charge is 0.469 e. The second-order valence-corrected chi connectivity index (χ2v) is 6.20. The molecule has 2 rings (SSSR count). The summed E-state index contributed by atoms with van der Waals surface area (Å²) in [5.74, 6) is 0. The Morgan fingerprint density at radius 3 is 2.83 bits per heavy atom. The van der Waals surface area contributed by atoms with Gasteiger partial charge in [0.2, 0.25) is 0 Å². The van der Waals surface area contributed by atoms with Gasteiger partial charge in [0.05, 0.1) is 18.8 Å². The van der Waals surface area contributed by atoms with Gasteiger partial charge in [0.15, 0.2) is 0 Å². The van der Waals surface area contributed by atoms with Gasteiger partial charge in [-0.05, 0) is 26.7 Å². The Labute approximate surface area is 112 Å². The maximum atomic E-state index is 5.58. The molecule has 0 aliphatic heterocycles. The molecule has 1 heterocycles. The number of nitrogens with zero attached hydrogens (tertiary/aromatic N) is 2. The molecule has 0 unspecified atom stereocenters. The molecule has 0 aromatic carbocycles. The van der Waals surface area contributed by atoms with E-state index in [4.69, 9.17) is 9.47 Å². The fourth-order valence-electron chi connectivity index (χ4n) is 1.37. The maximum Gasteiger partial charge on any atom is 0.294 e. The Morgan fingerprint density at radius 1 is 1.39 bits per heavy atom. The average Bonchev–Trinajstić information content (AvgIpc) is 3.07. The van der Waals surface area contributed by atoms with E-state index in [1.165, 1.54) is 24.2 Å². The molecule has 0 atom stereocenters. The van der Waals surface area contributed by atoms with Crippen LogP contribution in [0.2, 0.25) is 0 Å². The summed E-state index contributed by atoms with van der Waals surface area (Å²) in [6, 6.07) is 0.695. The molecule has 0 bridgehead atoms. The van der Waals surface area contributed by atoms with Crippen LogP contribution >= 0.6 is 11.3 Å². The van der Waals surface area contributed by atoms with Crippen LogP contribution in [0.3, 0.4) is 0 Å². The lowest BCUT2D eigenvalue weighted by molar-refractivity contribution is 0.00538. The quantitative estimate of drug-likeness (QED) is 0.783. The first-order valence-electron chi connectivity index (χ1n) is 6.33. The first kappa shape index (κ1) is 13.7. The van der Waals surface area contributed by atoms with E-state index < -0.39 is 0 Å². The van der Waals surface area contributed by atoms with Crippen LogP contribution in [-0.4, -0.2) is 35.6 Å². The van der Waals surface area contributed by atoms with Crippen molar-refractivity contribution in [3.63, 3.8) is 0 Å². The zero-order valence-electron chi connectivity index (χ0n) is 11.2. The summed E-state index contributed by atoms with van der Waals surface area (Å²) < 4.78 is 10.9. The Morgan fingerprint density at radius 2 is 2.17 bits per heavy atom. The van der Waals surface area contributed by atoms with Crippen LogP contribution in [0.4, 0.5) is 0 Å². The van der Waals surface area contributed by atoms with Crippen LogP contribution in [0.5, 0.6) is 5.19 Å². The van der Waals surface area contributed by atoms with Gasteiger partial charge in [-0.15, -0.1) is 10.2 Å². The molecule has 1 aromatic heterocycles. The van der Waals surface area contributed by atoms with Crippen molar-refractivity contribution >= 4 is 11.3 Å². The second-order valence-electron chi connectivity index (χ2n) is 5.18. The van der Waals surface area contributed by atoms with Crippen LogP contribution in [0.15, 0.2) is 0 Å². The average molecular weight is 271 g/mol. The highest BCUT2D eigenvalue weighted by Gasteiger charge is 2.21. The van der Waals surface area contributed by atoms with Crippen LogP contribution in [0, 0.1) is 0 Å². The van der Waals surface area contributed by atoms with Crippen LogP contribution in [-0.2, 0) is 11.3 Å². The van der Waals surface area contributed by atoms with E-state index in [1.807, 2.05) is 13.8 Å². The SMILES string of the molecule is COC(C)(C)CCOc1nnc(CNC2CC2)s1. The van der Waals surface area contributed by atoms with E-state index in [1.54, 1.807) is 7.11 Å². The Hall–Kier alpha value is -0.720. The van der Waals surface area contributed by atoms with Gasteiger partial charge in [0, 0.05) is 19.6 Å². The minimum absolute atomic E-state index is 0.152. The van der Waals surface area contributed by atoms with E-state index in [0.717, 1.165) is 18.0 Å². The lowest BCUT2D eigenvalue weighted by atomic mass is 10.1. The molecule has 0 amide bonds. The molecule has 5 nitrogen and oxygen atoms in total. The molecule has 1 N–H and O–H groups in total. The monoisotopic (exact) mass is 271 g/mol. The van der Waals surface area contributed by atoms with E-state index in [9.17, 15) is 0 Å². The Bertz CT molecular complexity index is 377. The number of ether oxygens (including phenoxy) is 2. The van der Waals surface area contributed by atoms with E-state index in [-0.39, 0.29) is 5.60 Å². The highest BCUT2D eigenvalue weighted by atomic mass is 32.1. The lowest BCUT2D eigenvalue weighted by Crippen LogP contribution is -2.25. The Balaban J connectivity index is 1.69. The van der Waals surface area contributed by atoms with Crippen molar-refractivity contribution in [3.8, 4) is 5.19 Å². The van der Waals surface area contributed by atoms with Crippen molar-refractivity contribution < 1.29 is 9.47 Å². The van der Waals surface area contributed by atoms with Gasteiger partial charge in [-0.1, -0.05) is 11.3 Å². The molecule has 0 saturated heterocycles. The third-order valence-corrected chi connectivity index (χ3v) is 3.89. The first-order chi connectivity index (χ1) is 8.59. The van der Waals surface area contributed by atoms with Gasteiger partial charge in [-0.3, -0.25) is 0 Å². The van der Waals surface area contributed by atoms with Crippen molar-refractivity contribution in [2.75, 3.05) is 13.7 Å². The van der Waals surface area contributed by atoms with Crippen molar-refractivity contribution in [2.24, 2.45) is 0 Å². The highest BCUT2D eigenvalue weighted by Crippen LogP contribution is 2.22. The predicted octanol–water partition coefficient (Wildman–Crippen LogP) is 1.98. The zero-order valence-corrected chi connectivity index (χ0v) is 12.0. The maximum absolute atomic E-state index is 5.58. The van der Waals surface area contributed by atoms with Gasteiger partial charge >= 0.3 is 0 Å². The van der Waals surface area contributed by atoms with E-state index in [0.29, 0.717) is 17.8 Å². The summed E-state index contributed by atoms with van der Waals surface area (Å²) in [4.78, 5) is 0. The molecule has 6 heteroatoms. The van der Waals surface area contributed by atoms with Gasteiger partial charge in [-0.25, -0.2) is 0 Å². The molecule has 1 saturated carbocycles. The number of methoxy groups -OCH3 is 1. The molecular formula is C12H21N3O2S. The van der Waals surface area contributed by atoms with Crippen molar-refractivity contribution in [3.05, 3.63) is 5.01 Å². The van der Waals surface area contributed by atoms with Crippen LogP contribution in [0.25, 0.3) is 0 Å². The standard InChI is InChI=1S/C12H21N3O2S/c1-12(2,16-3)6-7-17-11-15-14-10(18-11)8-13-9-4-5-9/h9,13H,4-8H2,1-3H3. The minimum Gasteiger partial charge on any atom is -0.469 e. The van der Waals surface area contributed by atoms with Crippen molar-refractivity contribution in [1.29, 1.82) is 0 Å². The molecule has 102 valence electrons. The minimum atomic E-state index is -0.152. The predicted molar refractivity (Wildman–Crippen MR) is 71.0 cm³/mol. The van der Waals surface area contributed by atoms with Crippen LogP contribution in [0.1, 0.15) is 38.1 Å². The second kappa shape index (κ2) is 5.95. The lowest BCUT2D eigenvalue weighted by Gasteiger charge is -2.21. The number of nitrogens with one attached hydrogen (secondary N) is 1. The highest BCUT2D eigenvalue weighted by molar-refractivity contribution is 7.13. The van der Waals surface area contributed by atoms with Crippen molar-refractivity contribution in [2.45, 2.75) is 51.3 Å². The van der Waals surface area contributed by atoms with Crippen molar-refractivity contribution in [1.82, 2.24) is 15.5 Å².